The first kappa shape index (κ1) is 17.9. The second kappa shape index (κ2) is 6.99. The van der Waals surface area contributed by atoms with E-state index in [-0.39, 0.29) is 19.0 Å². The van der Waals surface area contributed by atoms with Crippen molar-refractivity contribution in [3.05, 3.63) is 77.9 Å². The number of nitrogens with two attached hydrogens (primary N) is 1. The third kappa shape index (κ3) is 2.85. The lowest BCUT2D eigenvalue weighted by molar-refractivity contribution is 0.290. The Kier molecular flexibility index (Phi) is 4.16. The van der Waals surface area contributed by atoms with Crippen molar-refractivity contribution in [2.75, 3.05) is 0 Å². The summed E-state index contributed by atoms with van der Waals surface area (Å²) >= 11 is 0. The minimum absolute atomic E-state index is 0.119. The predicted octanol–water partition coefficient (Wildman–Crippen LogP) is 2.31. The van der Waals surface area contributed by atoms with Gasteiger partial charge in [0.2, 0.25) is 0 Å². The molecule has 2 aromatic heterocycles. The number of halogens is 1. The monoisotopic (exact) mass is 405 g/mol. The number of ether oxygens (including phenoxy) is 1. The van der Waals surface area contributed by atoms with Gasteiger partial charge in [-0.25, -0.2) is 9.37 Å². The lowest BCUT2D eigenvalue weighted by Gasteiger charge is -2.10. The van der Waals surface area contributed by atoms with E-state index in [9.17, 15) is 4.39 Å². The molecule has 0 saturated carbocycles. The summed E-state index contributed by atoms with van der Waals surface area (Å²) in [5, 5.41) is 20.8. The maximum absolute atomic E-state index is 14.1. The second-order valence-electron chi connectivity index (χ2n) is 6.68. The van der Waals surface area contributed by atoms with Crippen LogP contribution in [0.25, 0.3) is 17.1 Å². The van der Waals surface area contributed by atoms with Gasteiger partial charge in [0.1, 0.15) is 30.2 Å². The molecule has 3 heterocycles. The highest BCUT2D eigenvalue weighted by atomic mass is 19.1. The summed E-state index contributed by atoms with van der Waals surface area (Å²) in [5.74, 6) is 1.21. The highest BCUT2D eigenvalue weighted by Gasteiger charge is 2.27. The number of rotatable bonds is 4. The Morgan fingerprint density at radius 2 is 2.03 bits per heavy atom. The summed E-state index contributed by atoms with van der Waals surface area (Å²) in [6.07, 6.45) is 1.56. The SMILES string of the molecule is N/C(=N\O)c1ncn2c1Cn1c(COc3ccccc3)nnc1-c1cc(F)ccc1-2. The van der Waals surface area contributed by atoms with Crippen LogP contribution >= 0.6 is 0 Å². The number of hydrogen-bond donors (Lipinski definition) is 2. The van der Waals surface area contributed by atoms with Gasteiger partial charge in [-0.15, -0.1) is 10.2 Å². The Morgan fingerprint density at radius 3 is 2.83 bits per heavy atom. The largest absolute Gasteiger partial charge is 0.486 e. The van der Waals surface area contributed by atoms with Gasteiger partial charge in [0.15, 0.2) is 17.5 Å². The van der Waals surface area contributed by atoms with Crippen LogP contribution in [0.15, 0.2) is 60.0 Å². The molecule has 2 aromatic carbocycles. The molecule has 9 nitrogen and oxygen atoms in total. The normalized spacial score (nSPS) is 12.6. The zero-order chi connectivity index (χ0) is 20.7. The Morgan fingerprint density at radius 1 is 1.20 bits per heavy atom. The fourth-order valence-corrected chi connectivity index (χ4v) is 3.51. The van der Waals surface area contributed by atoms with Crippen LogP contribution in [-0.4, -0.2) is 35.4 Å². The number of aromatic nitrogens is 5. The van der Waals surface area contributed by atoms with Crippen molar-refractivity contribution in [2.24, 2.45) is 10.9 Å². The van der Waals surface area contributed by atoms with Crippen LogP contribution < -0.4 is 10.5 Å². The molecular weight excluding hydrogens is 389 g/mol. The van der Waals surface area contributed by atoms with Gasteiger partial charge >= 0.3 is 0 Å². The zero-order valence-corrected chi connectivity index (χ0v) is 15.6. The predicted molar refractivity (Wildman–Crippen MR) is 105 cm³/mol. The van der Waals surface area contributed by atoms with Crippen LogP contribution in [0, 0.1) is 5.82 Å². The smallest absolute Gasteiger partial charge is 0.190 e. The molecule has 0 saturated heterocycles. The summed E-state index contributed by atoms with van der Waals surface area (Å²) in [6.45, 7) is 0.437. The van der Waals surface area contributed by atoms with E-state index in [2.05, 4.69) is 20.3 Å². The van der Waals surface area contributed by atoms with E-state index in [4.69, 9.17) is 15.7 Å². The molecule has 1 aliphatic rings. The second-order valence-corrected chi connectivity index (χ2v) is 6.68. The Labute approximate surface area is 169 Å². The Hall–Kier alpha value is -4.21. The van der Waals surface area contributed by atoms with E-state index < -0.39 is 5.82 Å². The average Bonchev–Trinajstić information content (AvgIpc) is 3.34. The van der Waals surface area contributed by atoms with Crippen molar-refractivity contribution in [1.82, 2.24) is 24.3 Å². The lowest BCUT2D eigenvalue weighted by Crippen LogP contribution is -2.18. The van der Waals surface area contributed by atoms with E-state index in [1.165, 1.54) is 12.1 Å². The molecule has 3 N–H and O–H groups in total. The van der Waals surface area contributed by atoms with Crippen molar-refractivity contribution in [3.63, 3.8) is 0 Å². The topological polar surface area (TPSA) is 116 Å². The number of imidazole rings is 1. The molecule has 30 heavy (non-hydrogen) atoms. The first-order chi connectivity index (χ1) is 14.7. The number of fused-ring (bicyclic) bond motifs is 5. The van der Waals surface area contributed by atoms with E-state index in [0.29, 0.717) is 40.0 Å². The molecule has 0 spiro atoms. The van der Waals surface area contributed by atoms with E-state index in [0.717, 1.165) is 0 Å². The van der Waals surface area contributed by atoms with Gasteiger partial charge in [0.25, 0.3) is 0 Å². The maximum atomic E-state index is 14.1. The maximum Gasteiger partial charge on any atom is 0.190 e. The molecule has 10 heteroatoms. The molecule has 0 radical (unpaired) electrons. The number of amidine groups is 1. The van der Waals surface area contributed by atoms with Crippen molar-refractivity contribution in [1.29, 1.82) is 0 Å². The highest BCUT2D eigenvalue weighted by molar-refractivity contribution is 5.96. The number of oxime groups is 1. The molecule has 0 aliphatic carbocycles. The Bertz CT molecular complexity index is 1260. The number of nitrogens with zero attached hydrogens (tertiary/aromatic N) is 6. The molecule has 150 valence electrons. The van der Waals surface area contributed by atoms with Crippen molar-refractivity contribution in [3.8, 4) is 22.8 Å². The third-order valence-corrected chi connectivity index (χ3v) is 4.92. The average molecular weight is 405 g/mol. The van der Waals surface area contributed by atoms with Crippen LogP contribution in [0.4, 0.5) is 4.39 Å². The molecule has 0 atom stereocenters. The first-order valence-electron chi connectivity index (χ1n) is 9.10. The van der Waals surface area contributed by atoms with Crippen molar-refractivity contribution < 1.29 is 14.3 Å². The van der Waals surface area contributed by atoms with Gasteiger partial charge in [0.05, 0.1) is 17.9 Å². The van der Waals surface area contributed by atoms with E-state index >= 15 is 0 Å². The fourth-order valence-electron chi connectivity index (χ4n) is 3.51. The minimum Gasteiger partial charge on any atom is -0.486 e. The molecule has 0 amide bonds. The molecular formula is C20H16FN7O2. The zero-order valence-electron chi connectivity index (χ0n) is 15.6. The lowest BCUT2D eigenvalue weighted by atomic mass is 10.1. The van der Waals surface area contributed by atoms with Gasteiger partial charge in [0, 0.05) is 5.56 Å². The first-order valence-corrected chi connectivity index (χ1v) is 9.10. The van der Waals surface area contributed by atoms with Gasteiger partial charge in [-0.2, -0.15) is 0 Å². The summed E-state index contributed by atoms with van der Waals surface area (Å²) < 4.78 is 23.5. The van der Waals surface area contributed by atoms with E-state index in [1.807, 2.05) is 34.9 Å². The van der Waals surface area contributed by atoms with Gasteiger partial charge < -0.3 is 20.2 Å². The van der Waals surface area contributed by atoms with Crippen molar-refractivity contribution >= 4 is 5.84 Å². The van der Waals surface area contributed by atoms with Crippen LogP contribution in [0.1, 0.15) is 17.2 Å². The number of para-hydroxylation sites is 1. The standard InChI is InChI=1S/C20H16FN7O2/c21-12-6-7-15-14(8-12)20-25-24-17(10-30-13-4-2-1-3-5-13)27(20)9-16-18(19(22)26-29)23-11-28(15)16/h1-8,11,29H,9-10H2,(H2,22,26). The van der Waals surface area contributed by atoms with Crippen LogP contribution in [0.3, 0.4) is 0 Å². The molecule has 0 unspecified atom stereocenters. The molecule has 0 bridgehead atoms. The quantitative estimate of drug-likeness (QED) is 0.205. The minimum atomic E-state index is -0.398. The molecule has 4 aromatic rings. The van der Waals surface area contributed by atoms with Gasteiger partial charge in [-0.3, -0.25) is 4.57 Å². The number of benzene rings is 2. The van der Waals surface area contributed by atoms with Gasteiger partial charge in [-0.05, 0) is 30.3 Å². The Balaban J connectivity index is 1.64. The summed E-state index contributed by atoms with van der Waals surface area (Å²) in [6, 6.07) is 13.7. The van der Waals surface area contributed by atoms with Crippen molar-refractivity contribution in [2.45, 2.75) is 13.2 Å². The van der Waals surface area contributed by atoms with E-state index in [1.54, 1.807) is 17.0 Å². The van der Waals surface area contributed by atoms with Crippen LogP contribution in [0.2, 0.25) is 0 Å². The number of hydrogen-bond acceptors (Lipinski definition) is 6. The van der Waals surface area contributed by atoms with Crippen LogP contribution in [-0.2, 0) is 13.2 Å². The third-order valence-electron chi connectivity index (χ3n) is 4.92. The summed E-state index contributed by atoms with van der Waals surface area (Å²) in [5.41, 5.74) is 8.01. The van der Waals surface area contributed by atoms with Crippen LogP contribution in [0.5, 0.6) is 5.75 Å². The summed E-state index contributed by atoms with van der Waals surface area (Å²) in [4.78, 5) is 4.28. The molecule has 0 fully saturated rings. The fraction of sp³-hybridized carbons (Fsp3) is 0.100. The van der Waals surface area contributed by atoms with Gasteiger partial charge in [-0.1, -0.05) is 23.4 Å². The summed E-state index contributed by atoms with van der Waals surface area (Å²) in [7, 11) is 0. The molecule has 1 aliphatic heterocycles. The highest BCUT2D eigenvalue weighted by Crippen LogP contribution is 2.33. The molecule has 5 rings (SSSR count).